The van der Waals surface area contributed by atoms with Crippen LogP contribution in [-0.2, 0) is 19.7 Å². The molecule has 0 spiro atoms. The summed E-state index contributed by atoms with van der Waals surface area (Å²) in [5, 5.41) is 0. The van der Waals surface area contributed by atoms with Crippen LogP contribution in [0.1, 0.15) is 37.7 Å². The Morgan fingerprint density at radius 2 is 1.88 bits per heavy atom. The van der Waals surface area contributed by atoms with E-state index in [4.69, 9.17) is 9.47 Å². The largest absolute Gasteiger partial charge is 0.350 e. The van der Waals surface area contributed by atoms with Gasteiger partial charge in [0.25, 0.3) is 0 Å². The van der Waals surface area contributed by atoms with Gasteiger partial charge in [-0.2, -0.15) is 0 Å². The molecule has 0 unspecified atom stereocenters. The summed E-state index contributed by atoms with van der Waals surface area (Å²) in [5.74, 6) is 0.287. The minimum Gasteiger partial charge on any atom is -0.350 e. The third-order valence-electron chi connectivity index (χ3n) is 5.85. The first-order valence-corrected chi connectivity index (χ1v) is 8.98. The normalized spacial score (nSPS) is 24.8. The number of carbonyl (C=O) groups is 1. The molecule has 1 aromatic rings. The van der Waals surface area contributed by atoms with E-state index in [0.29, 0.717) is 19.1 Å². The quantitative estimate of drug-likeness (QED) is 0.854. The number of carbonyl (C=O) groups excluding carboxylic acids is 1. The highest BCUT2D eigenvalue weighted by molar-refractivity contribution is 5.89. The molecule has 0 bridgehead atoms. The van der Waals surface area contributed by atoms with E-state index in [1.807, 2.05) is 11.0 Å². The molecule has 5 heteroatoms. The summed E-state index contributed by atoms with van der Waals surface area (Å²) in [6.45, 7) is 2.83. The predicted octanol–water partition coefficient (Wildman–Crippen LogP) is 2.86. The van der Waals surface area contributed by atoms with E-state index in [9.17, 15) is 9.18 Å². The number of hydrogen-bond acceptors (Lipinski definition) is 3. The van der Waals surface area contributed by atoms with Crippen LogP contribution >= 0.6 is 0 Å². The Labute approximate surface area is 141 Å². The lowest BCUT2D eigenvalue weighted by molar-refractivity contribution is -0.146. The molecule has 1 aliphatic carbocycles. The number of rotatable bonds is 3. The third-order valence-corrected chi connectivity index (χ3v) is 5.85. The van der Waals surface area contributed by atoms with Crippen molar-refractivity contribution in [2.75, 3.05) is 26.3 Å². The summed E-state index contributed by atoms with van der Waals surface area (Å²) in [6.07, 6.45) is 4.41. The molecule has 4 rings (SSSR count). The summed E-state index contributed by atoms with van der Waals surface area (Å²) >= 11 is 0. The number of ether oxygens (including phenoxy) is 2. The topological polar surface area (TPSA) is 38.8 Å². The Morgan fingerprint density at radius 3 is 2.46 bits per heavy atom. The van der Waals surface area contributed by atoms with Gasteiger partial charge in [-0.15, -0.1) is 0 Å². The molecular formula is C19H24FNO3. The van der Waals surface area contributed by atoms with Gasteiger partial charge in [-0.25, -0.2) is 4.39 Å². The maximum Gasteiger partial charge on any atom is 0.233 e. The van der Waals surface area contributed by atoms with Crippen LogP contribution in [0.5, 0.6) is 0 Å². The molecular weight excluding hydrogens is 309 g/mol. The van der Waals surface area contributed by atoms with Crippen molar-refractivity contribution in [3.63, 3.8) is 0 Å². The number of nitrogens with zero attached hydrogens (tertiary/aromatic N) is 1. The molecule has 1 saturated carbocycles. The second kappa shape index (κ2) is 6.45. The summed E-state index contributed by atoms with van der Waals surface area (Å²) in [4.78, 5) is 15.2. The predicted molar refractivity (Wildman–Crippen MR) is 86.9 cm³/mol. The van der Waals surface area contributed by atoms with E-state index < -0.39 is 5.41 Å². The Bertz CT molecular complexity index is 602. The molecule has 130 valence electrons. The highest BCUT2D eigenvalue weighted by atomic mass is 19.1. The number of halogens is 1. The van der Waals surface area contributed by atoms with Crippen molar-refractivity contribution in [1.29, 1.82) is 0 Å². The van der Waals surface area contributed by atoms with Crippen molar-refractivity contribution in [3.05, 3.63) is 35.6 Å². The van der Waals surface area contributed by atoms with Gasteiger partial charge in [0, 0.05) is 19.0 Å². The minimum atomic E-state index is -0.505. The van der Waals surface area contributed by atoms with Crippen LogP contribution in [0.3, 0.4) is 0 Å². The van der Waals surface area contributed by atoms with Crippen LogP contribution in [0, 0.1) is 11.7 Å². The van der Waals surface area contributed by atoms with Crippen molar-refractivity contribution in [3.8, 4) is 0 Å². The van der Waals surface area contributed by atoms with E-state index in [1.54, 1.807) is 6.07 Å². The van der Waals surface area contributed by atoms with Crippen LogP contribution in [-0.4, -0.2) is 43.4 Å². The van der Waals surface area contributed by atoms with Crippen molar-refractivity contribution in [1.82, 2.24) is 4.90 Å². The van der Waals surface area contributed by atoms with Crippen LogP contribution in [0.25, 0.3) is 0 Å². The van der Waals surface area contributed by atoms with Crippen molar-refractivity contribution >= 4 is 5.91 Å². The molecule has 3 fully saturated rings. The SMILES string of the molecule is O=C(N1CCC(C2OCCO2)CC1)C1(c2cccc(F)c2)CCC1. The third kappa shape index (κ3) is 2.74. The molecule has 0 radical (unpaired) electrons. The average molecular weight is 333 g/mol. The van der Waals surface area contributed by atoms with E-state index in [1.165, 1.54) is 12.1 Å². The highest BCUT2D eigenvalue weighted by Crippen LogP contribution is 2.46. The molecule has 3 aliphatic rings. The Hall–Kier alpha value is -1.46. The van der Waals surface area contributed by atoms with Gasteiger partial charge in [0.15, 0.2) is 6.29 Å². The fourth-order valence-electron chi connectivity index (χ4n) is 4.27. The van der Waals surface area contributed by atoms with Gasteiger partial charge < -0.3 is 14.4 Å². The van der Waals surface area contributed by atoms with Gasteiger partial charge in [0.05, 0.1) is 18.6 Å². The van der Waals surface area contributed by atoms with E-state index in [-0.39, 0.29) is 18.0 Å². The van der Waals surface area contributed by atoms with Crippen molar-refractivity contribution in [2.45, 2.75) is 43.8 Å². The summed E-state index contributed by atoms with van der Waals surface area (Å²) in [5.41, 5.74) is 0.332. The average Bonchev–Trinajstić information content (AvgIpc) is 3.08. The van der Waals surface area contributed by atoms with Gasteiger partial charge in [0.2, 0.25) is 5.91 Å². The Morgan fingerprint density at radius 1 is 1.17 bits per heavy atom. The number of benzene rings is 1. The molecule has 2 saturated heterocycles. The zero-order chi connectivity index (χ0) is 16.6. The molecule has 2 aliphatic heterocycles. The summed E-state index contributed by atoms with van der Waals surface area (Å²) in [6, 6.07) is 6.57. The zero-order valence-corrected chi connectivity index (χ0v) is 13.9. The molecule has 0 N–H and O–H groups in total. The molecule has 4 nitrogen and oxygen atoms in total. The molecule has 0 aromatic heterocycles. The molecule has 1 amide bonds. The number of piperidine rings is 1. The van der Waals surface area contributed by atoms with Gasteiger partial charge in [0.1, 0.15) is 5.82 Å². The van der Waals surface area contributed by atoms with Gasteiger partial charge in [-0.3, -0.25) is 4.79 Å². The maximum atomic E-state index is 13.6. The fraction of sp³-hybridized carbons (Fsp3) is 0.632. The van der Waals surface area contributed by atoms with E-state index in [2.05, 4.69) is 0 Å². The smallest absolute Gasteiger partial charge is 0.233 e. The maximum absolute atomic E-state index is 13.6. The summed E-state index contributed by atoms with van der Waals surface area (Å²) < 4.78 is 24.8. The van der Waals surface area contributed by atoms with Crippen LogP contribution < -0.4 is 0 Å². The number of amides is 1. The number of likely N-dealkylation sites (tertiary alicyclic amines) is 1. The first kappa shape index (κ1) is 16.0. The lowest BCUT2D eigenvalue weighted by atomic mass is 9.63. The monoisotopic (exact) mass is 333 g/mol. The van der Waals surface area contributed by atoms with Crippen LogP contribution in [0.4, 0.5) is 4.39 Å². The highest BCUT2D eigenvalue weighted by Gasteiger charge is 2.48. The second-order valence-electron chi connectivity index (χ2n) is 7.19. The van der Waals surface area contributed by atoms with Crippen molar-refractivity contribution < 1.29 is 18.7 Å². The molecule has 24 heavy (non-hydrogen) atoms. The molecule has 1 aromatic carbocycles. The first-order chi connectivity index (χ1) is 11.7. The Balaban J connectivity index is 1.45. The minimum absolute atomic E-state index is 0.0943. The molecule has 0 atom stereocenters. The molecule has 2 heterocycles. The lowest BCUT2D eigenvalue weighted by Crippen LogP contribution is -2.53. The van der Waals surface area contributed by atoms with Crippen LogP contribution in [0.15, 0.2) is 24.3 Å². The number of hydrogen-bond donors (Lipinski definition) is 0. The fourth-order valence-corrected chi connectivity index (χ4v) is 4.27. The van der Waals surface area contributed by atoms with Gasteiger partial charge >= 0.3 is 0 Å². The standard InChI is InChI=1S/C19H24FNO3/c20-16-4-1-3-15(13-16)19(7-2-8-19)18(22)21-9-5-14(6-10-21)17-23-11-12-24-17/h1,3-4,13-14,17H,2,5-12H2. The van der Waals surface area contributed by atoms with Gasteiger partial charge in [-0.1, -0.05) is 18.6 Å². The van der Waals surface area contributed by atoms with Gasteiger partial charge in [-0.05, 0) is 43.4 Å². The van der Waals surface area contributed by atoms with E-state index in [0.717, 1.165) is 50.8 Å². The lowest BCUT2D eigenvalue weighted by Gasteiger charge is -2.46. The second-order valence-corrected chi connectivity index (χ2v) is 7.19. The zero-order valence-electron chi connectivity index (χ0n) is 13.9. The van der Waals surface area contributed by atoms with Crippen LogP contribution in [0.2, 0.25) is 0 Å². The summed E-state index contributed by atoms with van der Waals surface area (Å²) in [7, 11) is 0. The Kier molecular flexibility index (Phi) is 4.31. The first-order valence-electron chi connectivity index (χ1n) is 8.98. The van der Waals surface area contributed by atoms with Crippen molar-refractivity contribution in [2.24, 2.45) is 5.92 Å². The van der Waals surface area contributed by atoms with E-state index >= 15 is 0 Å².